The average molecular weight is 695 g/mol. The first-order valence-corrected chi connectivity index (χ1v) is 20.4. The summed E-state index contributed by atoms with van der Waals surface area (Å²) in [4.78, 5) is 5.07. The van der Waals surface area contributed by atoms with E-state index >= 15 is 0 Å². The molecule has 0 heterocycles. The van der Waals surface area contributed by atoms with Crippen LogP contribution in [0.5, 0.6) is 11.5 Å². The van der Waals surface area contributed by atoms with Crippen LogP contribution in [0.2, 0.25) is 0 Å². The smallest absolute Gasteiger partial charge is 0.127 e. The summed E-state index contributed by atoms with van der Waals surface area (Å²) in [6.07, 6.45) is 23.3. The summed E-state index contributed by atoms with van der Waals surface area (Å²) in [6, 6.07) is 22.3. The van der Waals surface area contributed by atoms with E-state index in [0.29, 0.717) is 5.92 Å². The van der Waals surface area contributed by atoms with Crippen molar-refractivity contribution in [3.05, 3.63) is 82.9 Å². The van der Waals surface area contributed by atoms with E-state index in [1.165, 1.54) is 93.1 Å². The Hall–Kier alpha value is -3.66. The summed E-state index contributed by atoms with van der Waals surface area (Å²) in [6.45, 7) is 18.8. The predicted molar refractivity (Wildman–Crippen MR) is 227 cm³/mol. The molecule has 4 nitrogen and oxygen atoms in total. The van der Waals surface area contributed by atoms with Gasteiger partial charge < -0.3 is 19.3 Å². The fourth-order valence-corrected chi connectivity index (χ4v) is 6.36. The topological polar surface area (TPSA) is 24.9 Å². The van der Waals surface area contributed by atoms with E-state index in [-0.39, 0.29) is 0 Å². The lowest BCUT2D eigenvalue weighted by molar-refractivity contribution is 0.232. The molecule has 4 heteroatoms. The van der Waals surface area contributed by atoms with Crippen LogP contribution >= 0.6 is 0 Å². The van der Waals surface area contributed by atoms with Gasteiger partial charge in [0.05, 0.1) is 13.7 Å². The lowest BCUT2D eigenvalue weighted by Gasteiger charge is -2.24. The van der Waals surface area contributed by atoms with Crippen molar-refractivity contribution in [3.63, 3.8) is 0 Å². The third kappa shape index (κ3) is 14.5. The predicted octanol–water partition coefficient (Wildman–Crippen LogP) is 13.4. The van der Waals surface area contributed by atoms with Crippen LogP contribution in [0.15, 0.2) is 60.7 Å². The van der Waals surface area contributed by atoms with Crippen LogP contribution < -0.4 is 19.3 Å². The van der Waals surface area contributed by atoms with Crippen molar-refractivity contribution in [2.45, 2.75) is 119 Å². The molecule has 0 spiro atoms. The first-order valence-electron chi connectivity index (χ1n) is 20.4. The van der Waals surface area contributed by atoms with Gasteiger partial charge in [0, 0.05) is 48.7 Å². The SMILES string of the molecule is CCCCC(CC)COc1cc(/C=C/c2ccc(N(CCCC)CCCC)cc2)c(OC)cc1/C=C/c1ccc(N(CCCC)CCCC)cc1. The molecule has 0 fully saturated rings. The number of methoxy groups -OCH3 is 1. The highest BCUT2D eigenvalue weighted by atomic mass is 16.5. The van der Waals surface area contributed by atoms with E-state index in [0.717, 1.165) is 61.8 Å². The molecule has 0 aliphatic heterocycles. The molecular weight excluding hydrogens is 625 g/mol. The van der Waals surface area contributed by atoms with Gasteiger partial charge in [-0.2, -0.15) is 0 Å². The third-order valence-electron chi connectivity index (χ3n) is 9.93. The molecule has 3 aromatic carbocycles. The molecule has 0 aliphatic rings. The van der Waals surface area contributed by atoms with E-state index in [1.54, 1.807) is 7.11 Å². The molecule has 3 rings (SSSR count). The summed E-state index contributed by atoms with van der Waals surface area (Å²) in [5, 5.41) is 0. The van der Waals surface area contributed by atoms with Crippen LogP contribution in [0.25, 0.3) is 24.3 Å². The molecule has 0 amide bonds. The van der Waals surface area contributed by atoms with Gasteiger partial charge >= 0.3 is 0 Å². The van der Waals surface area contributed by atoms with Crippen LogP contribution in [-0.2, 0) is 0 Å². The van der Waals surface area contributed by atoms with Gasteiger partial charge in [0.2, 0.25) is 0 Å². The number of hydrogen-bond donors (Lipinski definition) is 0. The Kier molecular flexibility index (Phi) is 20.1. The second-order valence-corrected chi connectivity index (χ2v) is 14.1. The standard InChI is InChI=1S/C47H70N2O2/c1-8-14-19-39(13-6)38-51-47-37-42(26-20-40-22-28-44(29-23-40)48(32-15-9-2)33-16-10-3)46(50-7)36-43(47)27-21-41-24-30-45(31-25-41)49(34-17-11-4)35-18-12-5/h20-31,36-37,39H,8-19,32-35,38H2,1-7H3/b26-20+,27-21+. The highest BCUT2D eigenvalue weighted by Crippen LogP contribution is 2.33. The lowest BCUT2D eigenvalue weighted by atomic mass is 10.0. The molecule has 3 aromatic rings. The van der Waals surface area contributed by atoms with Gasteiger partial charge in [-0.15, -0.1) is 0 Å². The van der Waals surface area contributed by atoms with E-state index in [9.17, 15) is 0 Å². The first-order chi connectivity index (χ1) is 25.0. The Morgan fingerprint density at radius 3 is 1.33 bits per heavy atom. The van der Waals surface area contributed by atoms with Crippen molar-refractivity contribution in [2.24, 2.45) is 5.92 Å². The van der Waals surface area contributed by atoms with Crippen LogP contribution in [0.3, 0.4) is 0 Å². The molecule has 51 heavy (non-hydrogen) atoms. The zero-order valence-corrected chi connectivity index (χ0v) is 33.4. The minimum Gasteiger partial charge on any atom is -0.496 e. The van der Waals surface area contributed by atoms with E-state index in [1.807, 2.05) is 0 Å². The molecular formula is C47H70N2O2. The fourth-order valence-electron chi connectivity index (χ4n) is 6.36. The van der Waals surface area contributed by atoms with Gasteiger partial charge in [0.1, 0.15) is 11.5 Å². The largest absolute Gasteiger partial charge is 0.496 e. The maximum Gasteiger partial charge on any atom is 0.127 e. The van der Waals surface area contributed by atoms with E-state index in [4.69, 9.17) is 9.47 Å². The summed E-state index contributed by atoms with van der Waals surface area (Å²) >= 11 is 0. The summed E-state index contributed by atoms with van der Waals surface area (Å²) in [5.41, 5.74) is 7.04. The molecule has 0 saturated heterocycles. The summed E-state index contributed by atoms with van der Waals surface area (Å²) < 4.78 is 12.6. The van der Waals surface area contributed by atoms with Crippen LogP contribution in [0, 0.1) is 5.92 Å². The minimum atomic E-state index is 0.548. The van der Waals surface area contributed by atoms with Gasteiger partial charge in [0.25, 0.3) is 0 Å². The average Bonchev–Trinajstić information content (AvgIpc) is 3.17. The fraction of sp³-hybridized carbons (Fsp3) is 0.532. The van der Waals surface area contributed by atoms with Crippen LogP contribution in [-0.4, -0.2) is 39.9 Å². The Bertz CT molecular complexity index is 1390. The highest BCUT2D eigenvalue weighted by molar-refractivity contribution is 5.79. The number of nitrogens with zero attached hydrogens (tertiary/aromatic N) is 2. The quantitative estimate of drug-likeness (QED) is 0.0781. The van der Waals surface area contributed by atoms with E-state index in [2.05, 4.69) is 136 Å². The Labute approximate surface area is 312 Å². The maximum absolute atomic E-state index is 6.65. The molecule has 0 bridgehead atoms. The van der Waals surface area contributed by atoms with Crippen molar-refractivity contribution in [3.8, 4) is 11.5 Å². The van der Waals surface area contributed by atoms with Gasteiger partial charge in [-0.1, -0.05) is 135 Å². The molecule has 0 aromatic heterocycles. The molecule has 0 N–H and O–H groups in total. The van der Waals surface area contributed by atoms with Crippen molar-refractivity contribution in [1.82, 2.24) is 0 Å². The van der Waals surface area contributed by atoms with Gasteiger partial charge in [-0.3, -0.25) is 0 Å². The molecule has 0 saturated carbocycles. The Morgan fingerprint density at radius 1 is 0.529 bits per heavy atom. The van der Waals surface area contributed by atoms with Crippen molar-refractivity contribution in [2.75, 3.05) is 49.7 Å². The monoisotopic (exact) mass is 695 g/mol. The minimum absolute atomic E-state index is 0.548. The zero-order valence-electron chi connectivity index (χ0n) is 33.4. The summed E-state index contributed by atoms with van der Waals surface area (Å²) in [7, 11) is 1.76. The van der Waals surface area contributed by atoms with Gasteiger partial charge in [-0.25, -0.2) is 0 Å². The lowest BCUT2D eigenvalue weighted by Crippen LogP contribution is -2.25. The summed E-state index contributed by atoms with van der Waals surface area (Å²) in [5.74, 6) is 2.30. The van der Waals surface area contributed by atoms with Crippen LogP contribution in [0.1, 0.15) is 141 Å². The number of unbranched alkanes of at least 4 members (excludes halogenated alkanes) is 5. The van der Waals surface area contributed by atoms with Crippen molar-refractivity contribution in [1.29, 1.82) is 0 Å². The number of benzene rings is 3. The molecule has 280 valence electrons. The number of anilines is 2. The van der Waals surface area contributed by atoms with Crippen LogP contribution in [0.4, 0.5) is 11.4 Å². The van der Waals surface area contributed by atoms with Crippen molar-refractivity contribution < 1.29 is 9.47 Å². The number of hydrogen-bond acceptors (Lipinski definition) is 4. The second kappa shape index (κ2) is 24.5. The molecule has 1 unspecified atom stereocenters. The van der Waals surface area contributed by atoms with Gasteiger partial charge in [0.15, 0.2) is 0 Å². The second-order valence-electron chi connectivity index (χ2n) is 14.1. The van der Waals surface area contributed by atoms with Gasteiger partial charge in [-0.05, 0) is 85.5 Å². The van der Waals surface area contributed by atoms with Crippen molar-refractivity contribution >= 4 is 35.7 Å². The normalized spacial score (nSPS) is 12.1. The molecule has 0 radical (unpaired) electrons. The Balaban J connectivity index is 1.89. The maximum atomic E-state index is 6.65. The molecule has 1 atom stereocenters. The zero-order chi connectivity index (χ0) is 36.7. The Morgan fingerprint density at radius 2 is 0.941 bits per heavy atom. The first kappa shape index (κ1) is 41.8. The number of ether oxygens (including phenoxy) is 2. The third-order valence-corrected chi connectivity index (χ3v) is 9.93. The van der Waals surface area contributed by atoms with E-state index < -0.39 is 0 Å². The molecule has 0 aliphatic carbocycles. The highest BCUT2D eigenvalue weighted by Gasteiger charge is 2.13. The number of rotatable bonds is 26.